The lowest BCUT2D eigenvalue weighted by atomic mass is 10.2. The summed E-state index contributed by atoms with van der Waals surface area (Å²) < 4.78 is 8.84. The summed E-state index contributed by atoms with van der Waals surface area (Å²) in [4.78, 5) is 20.7. The number of carboxylic acid groups (broad SMARTS) is 2. The Hall–Kier alpha value is -1.14. The Labute approximate surface area is 68.7 Å². The Morgan fingerprint density at radius 1 is 1.00 bits per heavy atom. The summed E-state index contributed by atoms with van der Waals surface area (Å²) in [7, 11) is 2.21. The molecule has 6 heteroatoms. The van der Waals surface area contributed by atoms with Crippen molar-refractivity contribution in [3.05, 3.63) is 0 Å². The number of aliphatic carboxylic acids is 2. The van der Waals surface area contributed by atoms with Crippen molar-refractivity contribution in [3.8, 4) is 0 Å². The lowest BCUT2D eigenvalue weighted by Gasteiger charge is -2.16. The van der Waals surface area contributed by atoms with Crippen molar-refractivity contribution in [1.29, 1.82) is 0 Å². The molecule has 0 spiro atoms. The van der Waals surface area contributed by atoms with Crippen LogP contribution >= 0.6 is 0 Å². The van der Waals surface area contributed by atoms with Crippen LogP contribution in [0.2, 0.25) is 0 Å². The van der Waals surface area contributed by atoms with Gasteiger partial charge < -0.3 is 19.7 Å². The molecule has 0 rings (SSSR count). The summed E-state index contributed by atoms with van der Waals surface area (Å²) >= 11 is 0. The van der Waals surface area contributed by atoms with Crippen molar-refractivity contribution in [2.45, 2.75) is 12.2 Å². The second-order valence-electron chi connectivity index (χ2n) is 1.99. The average Bonchev–Trinajstić information content (AvgIpc) is 1.98. The van der Waals surface area contributed by atoms with E-state index in [-0.39, 0.29) is 0 Å². The maximum Gasteiger partial charge on any atom is 0.336 e. The molecule has 70 valence electrons. The van der Waals surface area contributed by atoms with Crippen LogP contribution in [-0.4, -0.2) is 48.6 Å². The zero-order valence-electron chi connectivity index (χ0n) is 6.68. The molecule has 0 aromatic heterocycles. The van der Waals surface area contributed by atoms with Gasteiger partial charge in [0.05, 0.1) is 0 Å². The van der Waals surface area contributed by atoms with E-state index in [1.54, 1.807) is 0 Å². The van der Waals surface area contributed by atoms with E-state index in [4.69, 9.17) is 10.2 Å². The van der Waals surface area contributed by atoms with E-state index in [1.807, 2.05) is 0 Å². The van der Waals surface area contributed by atoms with E-state index in [0.29, 0.717) is 0 Å². The number of rotatable bonds is 5. The second kappa shape index (κ2) is 4.68. The van der Waals surface area contributed by atoms with Gasteiger partial charge in [-0.2, -0.15) is 0 Å². The largest absolute Gasteiger partial charge is 0.479 e. The van der Waals surface area contributed by atoms with Crippen LogP contribution in [0.1, 0.15) is 0 Å². The summed E-state index contributed by atoms with van der Waals surface area (Å²) in [5, 5.41) is 16.9. The van der Waals surface area contributed by atoms with Crippen LogP contribution in [0.5, 0.6) is 0 Å². The molecule has 0 saturated carbocycles. The van der Waals surface area contributed by atoms with Crippen molar-refractivity contribution >= 4 is 11.9 Å². The maximum absolute atomic E-state index is 10.4. The van der Waals surface area contributed by atoms with Gasteiger partial charge in [-0.3, -0.25) is 0 Å². The zero-order valence-corrected chi connectivity index (χ0v) is 6.68. The molecule has 0 bridgehead atoms. The fraction of sp³-hybridized carbons (Fsp3) is 0.667. The van der Waals surface area contributed by atoms with Crippen LogP contribution in [0, 0.1) is 0 Å². The van der Waals surface area contributed by atoms with E-state index in [2.05, 4.69) is 9.47 Å². The number of hydrogen-bond donors (Lipinski definition) is 2. The molecule has 0 fully saturated rings. The Kier molecular flexibility index (Phi) is 4.24. The Morgan fingerprint density at radius 2 is 1.25 bits per heavy atom. The van der Waals surface area contributed by atoms with Crippen LogP contribution < -0.4 is 0 Å². The molecule has 2 N–H and O–H groups in total. The van der Waals surface area contributed by atoms with Gasteiger partial charge in [-0.25, -0.2) is 9.59 Å². The molecule has 0 aliphatic rings. The molecule has 6 nitrogen and oxygen atoms in total. The molecule has 12 heavy (non-hydrogen) atoms. The summed E-state index contributed by atoms with van der Waals surface area (Å²) in [6, 6.07) is 0. The van der Waals surface area contributed by atoms with E-state index >= 15 is 0 Å². The highest BCUT2D eigenvalue weighted by molar-refractivity contribution is 5.83. The lowest BCUT2D eigenvalue weighted by Crippen LogP contribution is -2.42. The molecule has 0 heterocycles. The molecule has 0 saturated heterocycles. The van der Waals surface area contributed by atoms with Gasteiger partial charge in [-0.05, 0) is 0 Å². The molecular formula is C6H10O6. The normalized spacial score (nSPS) is 15.2. The molecule has 0 unspecified atom stereocenters. The zero-order chi connectivity index (χ0) is 9.72. The van der Waals surface area contributed by atoms with E-state index in [9.17, 15) is 9.59 Å². The van der Waals surface area contributed by atoms with Gasteiger partial charge in [0.1, 0.15) is 0 Å². The van der Waals surface area contributed by atoms with Crippen molar-refractivity contribution < 1.29 is 29.3 Å². The Balaban J connectivity index is 4.44. The monoisotopic (exact) mass is 178 g/mol. The standard InChI is InChI=1S/C6H10O6/c1-11-3(5(7)8)4(12-2)6(9)10/h3-4H,1-2H3,(H,7,8)(H,9,10)/t3-,4-/m1/s1. The quantitative estimate of drug-likeness (QED) is 0.571. The van der Waals surface area contributed by atoms with Crippen LogP contribution in [-0.2, 0) is 19.1 Å². The minimum absolute atomic E-state index is 1.10. The third-order valence-electron chi connectivity index (χ3n) is 1.27. The topological polar surface area (TPSA) is 93.1 Å². The molecule has 0 aliphatic carbocycles. The highest BCUT2D eigenvalue weighted by Gasteiger charge is 2.33. The number of carboxylic acids is 2. The molecule has 2 atom stereocenters. The van der Waals surface area contributed by atoms with E-state index in [0.717, 1.165) is 14.2 Å². The highest BCUT2D eigenvalue weighted by Crippen LogP contribution is 2.02. The predicted octanol–water partition coefficient (Wildman–Crippen LogP) is -0.814. The maximum atomic E-state index is 10.4. The first-order valence-corrected chi connectivity index (χ1v) is 3.05. The van der Waals surface area contributed by atoms with Crippen molar-refractivity contribution in [2.24, 2.45) is 0 Å². The SMILES string of the molecule is CO[C@@H](C(=O)O)[C@@H](OC)C(=O)O. The summed E-state index contributed by atoms with van der Waals surface area (Å²) in [6.45, 7) is 0. The van der Waals surface area contributed by atoms with Crippen LogP contribution in [0.15, 0.2) is 0 Å². The highest BCUT2D eigenvalue weighted by atomic mass is 16.6. The first-order valence-electron chi connectivity index (χ1n) is 3.05. The summed E-state index contributed by atoms with van der Waals surface area (Å²) in [5.74, 6) is -2.74. The molecule has 0 amide bonds. The van der Waals surface area contributed by atoms with E-state index < -0.39 is 24.1 Å². The average molecular weight is 178 g/mol. The summed E-state index contributed by atoms with van der Waals surface area (Å²) in [6.07, 6.45) is -2.96. The third-order valence-corrected chi connectivity index (χ3v) is 1.27. The second-order valence-corrected chi connectivity index (χ2v) is 1.99. The Morgan fingerprint density at radius 3 is 1.33 bits per heavy atom. The Bertz CT molecular complexity index is 157. The fourth-order valence-corrected chi connectivity index (χ4v) is 0.708. The minimum atomic E-state index is -1.48. The number of methoxy groups -OCH3 is 2. The molecular weight excluding hydrogens is 168 g/mol. The van der Waals surface area contributed by atoms with Crippen molar-refractivity contribution in [3.63, 3.8) is 0 Å². The fourth-order valence-electron chi connectivity index (χ4n) is 0.708. The van der Waals surface area contributed by atoms with Crippen LogP contribution in [0.4, 0.5) is 0 Å². The van der Waals surface area contributed by atoms with Gasteiger partial charge in [0.25, 0.3) is 0 Å². The van der Waals surface area contributed by atoms with Crippen molar-refractivity contribution in [2.75, 3.05) is 14.2 Å². The third kappa shape index (κ3) is 2.48. The number of carbonyl (C=O) groups is 2. The first kappa shape index (κ1) is 10.9. The number of ether oxygens (including phenoxy) is 2. The first-order chi connectivity index (χ1) is 5.54. The summed E-state index contributed by atoms with van der Waals surface area (Å²) in [5.41, 5.74) is 0. The lowest BCUT2D eigenvalue weighted by molar-refractivity contribution is -0.171. The van der Waals surface area contributed by atoms with E-state index in [1.165, 1.54) is 0 Å². The molecule has 0 radical (unpaired) electrons. The van der Waals surface area contributed by atoms with Gasteiger partial charge in [0.15, 0.2) is 12.2 Å². The van der Waals surface area contributed by atoms with Crippen LogP contribution in [0.25, 0.3) is 0 Å². The minimum Gasteiger partial charge on any atom is -0.479 e. The van der Waals surface area contributed by atoms with Gasteiger partial charge in [0.2, 0.25) is 0 Å². The predicted molar refractivity (Wildman–Crippen MR) is 36.9 cm³/mol. The molecule has 0 aromatic rings. The smallest absolute Gasteiger partial charge is 0.336 e. The van der Waals surface area contributed by atoms with Gasteiger partial charge in [0, 0.05) is 14.2 Å². The number of hydrogen-bond acceptors (Lipinski definition) is 4. The van der Waals surface area contributed by atoms with Gasteiger partial charge >= 0.3 is 11.9 Å². The molecule has 0 aromatic carbocycles. The van der Waals surface area contributed by atoms with Crippen LogP contribution in [0.3, 0.4) is 0 Å². The van der Waals surface area contributed by atoms with Gasteiger partial charge in [-0.15, -0.1) is 0 Å². The molecule has 0 aliphatic heterocycles. The van der Waals surface area contributed by atoms with Crippen molar-refractivity contribution in [1.82, 2.24) is 0 Å². The van der Waals surface area contributed by atoms with Gasteiger partial charge in [-0.1, -0.05) is 0 Å².